The van der Waals surface area contributed by atoms with E-state index < -0.39 is 11.2 Å². The molecule has 26 heavy (non-hydrogen) atoms. The molecule has 0 aliphatic carbocycles. The average molecular weight is 374 g/mol. The summed E-state index contributed by atoms with van der Waals surface area (Å²) in [6.45, 7) is 11.3. The molecule has 0 bridgehead atoms. The number of likely N-dealkylation sites (N-methyl/N-ethyl adjacent to an activating group) is 1. The molecule has 138 valence electrons. The van der Waals surface area contributed by atoms with E-state index in [-0.39, 0.29) is 11.9 Å². The Bertz CT molecular complexity index is 876. The van der Waals surface area contributed by atoms with Gasteiger partial charge in [-0.05, 0) is 80.6 Å². The summed E-state index contributed by atoms with van der Waals surface area (Å²) in [5.74, 6) is -0.230. The maximum absolute atomic E-state index is 15.7. The maximum Gasteiger partial charge on any atom is 0.160 e. The highest BCUT2D eigenvalue weighted by atomic mass is 32.1. The minimum atomic E-state index is -1.46. The first-order valence-electron chi connectivity index (χ1n) is 8.71. The number of nitrogens with zero attached hydrogens (tertiary/aromatic N) is 1. The summed E-state index contributed by atoms with van der Waals surface area (Å²) in [4.78, 5) is 2.82. The van der Waals surface area contributed by atoms with Crippen molar-refractivity contribution in [2.24, 2.45) is 0 Å². The van der Waals surface area contributed by atoms with E-state index in [1.54, 1.807) is 26.0 Å². The Morgan fingerprint density at radius 2 is 1.96 bits per heavy atom. The molecule has 0 fully saturated rings. The molecule has 0 radical (unpaired) electrons. The van der Waals surface area contributed by atoms with Crippen LogP contribution < -0.4 is 0 Å². The molecule has 0 N–H and O–H groups in total. The molecule has 0 saturated carbocycles. The van der Waals surface area contributed by atoms with Crippen molar-refractivity contribution in [3.8, 4) is 0 Å². The zero-order valence-corrected chi connectivity index (χ0v) is 16.8. The molecule has 1 aromatic heterocycles. The second-order valence-electron chi connectivity index (χ2n) is 7.58. The zero-order chi connectivity index (χ0) is 19.3. The molecule has 2 aromatic rings. The van der Waals surface area contributed by atoms with Gasteiger partial charge in [0, 0.05) is 4.88 Å². The van der Waals surface area contributed by atoms with E-state index in [2.05, 4.69) is 11.5 Å². The topological polar surface area (TPSA) is 3.24 Å². The molecular weight excluding hydrogens is 348 g/mol. The number of benzene rings is 1. The largest absolute Gasteiger partial charge is 0.287 e. The Kier molecular flexibility index (Phi) is 4.70. The minimum Gasteiger partial charge on any atom is -0.287 e. The van der Waals surface area contributed by atoms with Crippen molar-refractivity contribution < 1.29 is 8.78 Å². The zero-order valence-electron chi connectivity index (χ0n) is 15.9. The van der Waals surface area contributed by atoms with Crippen LogP contribution in [0.4, 0.5) is 8.78 Å². The number of hydrogen-bond donors (Lipinski definition) is 0. The van der Waals surface area contributed by atoms with Crippen molar-refractivity contribution in [3.63, 3.8) is 0 Å². The lowest BCUT2D eigenvalue weighted by Crippen LogP contribution is -2.58. The first-order valence-corrected chi connectivity index (χ1v) is 9.59. The number of hydrogen-bond acceptors (Lipinski definition) is 2. The predicted octanol–water partition coefficient (Wildman–Crippen LogP) is 6.42. The van der Waals surface area contributed by atoms with Gasteiger partial charge in [0.25, 0.3) is 0 Å². The van der Waals surface area contributed by atoms with Gasteiger partial charge in [0.1, 0.15) is 5.82 Å². The van der Waals surface area contributed by atoms with Crippen LogP contribution in [0.1, 0.15) is 48.4 Å². The molecule has 1 nitrogen and oxygen atoms in total. The van der Waals surface area contributed by atoms with Gasteiger partial charge in [0.2, 0.25) is 0 Å². The highest BCUT2D eigenvalue weighted by Crippen LogP contribution is 2.54. The lowest BCUT2D eigenvalue weighted by molar-refractivity contribution is -0.0453. The fourth-order valence-electron chi connectivity index (χ4n) is 3.67. The summed E-state index contributed by atoms with van der Waals surface area (Å²) >= 11 is 1.46. The van der Waals surface area contributed by atoms with Crippen LogP contribution in [0.15, 0.2) is 47.9 Å². The first kappa shape index (κ1) is 19.0. The van der Waals surface area contributed by atoms with Crippen molar-refractivity contribution in [1.29, 1.82) is 0 Å². The number of halogens is 2. The van der Waals surface area contributed by atoms with Gasteiger partial charge in [0.15, 0.2) is 5.67 Å². The highest BCUT2D eigenvalue weighted by Gasteiger charge is 2.54. The number of fused-ring (bicyclic) bond motifs is 1. The van der Waals surface area contributed by atoms with Gasteiger partial charge in [-0.2, -0.15) is 0 Å². The van der Waals surface area contributed by atoms with E-state index in [0.29, 0.717) is 5.56 Å². The molecule has 0 amide bonds. The molecule has 0 saturated heterocycles. The monoisotopic (exact) mass is 373 g/mol. The lowest BCUT2D eigenvalue weighted by Gasteiger charge is -2.52. The maximum atomic E-state index is 15.7. The Balaban J connectivity index is 2.19. The standard InChI is InChI=1S/C22H25F2NS/c1-7-15(13-16-9-8-10-18(23)14(16)2)19-17-11-12-26-20(17)22(5,24)21(3,4)25(19)6/h7-13,19H,1H2,2-6H3/b15-13+. The number of thiophene rings is 1. The fraction of sp³-hybridized carbons (Fsp3) is 0.364. The van der Waals surface area contributed by atoms with E-state index in [1.807, 2.05) is 44.5 Å². The van der Waals surface area contributed by atoms with Gasteiger partial charge in [-0.25, -0.2) is 8.78 Å². The summed E-state index contributed by atoms with van der Waals surface area (Å²) in [7, 11) is 1.94. The van der Waals surface area contributed by atoms with Gasteiger partial charge in [-0.1, -0.05) is 24.8 Å². The van der Waals surface area contributed by atoms with Crippen molar-refractivity contribution in [1.82, 2.24) is 4.90 Å². The number of alkyl halides is 1. The Labute approximate surface area is 158 Å². The molecule has 1 aromatic carbocycles. The average Bonchev–Trinajstić information content (AvgIpc) is 3.07. The summed E-state index contributed by atoms with van der Waals surface area (Å²) in [5.41, 5.74) is 1.16. The van der Waals surface area contributed by atoms with Gasteiger partial charge in [-0.15, -0.1) is 11.3 Å². The summed E-state index contributed by atoms with van der Waals surface area (Å²) in [6.07, 6.45) is 3.76. The summed E-state index contributed by atoms with van der Waals surface area (Å²) < 4.78 is 29.6. The van der Waals surface area contributed by atoms with Gasteiger partial charge in [-0.3, -0.25) is 4.90 Å². The molecule has 3 rings (SSSR count). The molecule has 1 aliphatic heterocycles. The minimum absolute atomic E-state index is 0.129. The third-order valence-corrected chi connectivity index (χ3v) is 7.14. The van der Waals surface area contributed by atoms with Crippen molar-refractivity contribution in [2.75, 3.05) is 7.05 Å². The Morgan fingerprint density at radius 1 is 1.27 bits per heavy atom. The predicted molar refractivity (Wildman–Crippen MR) is 107 cm³/mol. The van der Waals surface area contributed by atoms with Gasteiger partial charge < -0.3 is 0 Å². The smallest absolute Gasteiger partial charge is 0.160 e. The van der Waals surface area contributed by atoms with Crippen LogP contribution in [-0.2, 0) is 5.67 Å². The van der Waals surface area contributed by atoms with Crippen LogP contribution in [0.2, 0.25) is 0 Å². The van der Waals surface area contributed by atoms with Gasteiger partial charge >= 0.3 is 0 Å². The lowest BCUT2D eigenvalue weighted by atomic mass is 9.74. The van der Waals surface area contributed by atoms with E-state index >= 15 is 4.39 Å². The second kappa shape index (κ2) is 6.43. The Morgan fingerprint density at radius 3 is 2.62 bits per heavy atom. The fourth-order valence-corrected chi connectivity index (χ4v) is 4.81. The van der Waals surface area contributed by atoms with Crippen LogP contribution in [0.5, 0.6) is 0 Å². The first-order chi connectivity index (χ1) is 12.1. The van der Waals surface area contributed by atoms with Crippen LogP contribution in [0.25, 0.3) is 6.08 Å². The second-order valence-corrected chi connectivity index (χ2v) is 8.50. The number of rotatable bonds is 3. The van der Waals surface area contributed by atoms with E-state index in [9.17, 15) is 4.39 Å². The van der Waals surface area contributed by atoms with Crippen LogP contribution in [0.3, 0.4) is 0 Å². The molecule has 4 heteroatoms. The van der Waals surface area contributed by atoms with Crippen LogP contribution >= 0.6 is 11.3 Å². The summed E-state index contributed by atoms with van der Waals surface area (Å²) in [5, 5.41) is 1.94. The normalized spacial score (nSPS) is 25.8. The third kappa shape index (κ3) is 2.67. The van der Waals surface area contributed by atoms with Crippen molar-refractivity contribution in [2.45, 2.75) is 44.9 Å². The molecule has 2 unspecified atom stereocenters. The molecule has 2 heterocycles. The van der Waals surface area contributed by atoms with Crippen molar-refractivity contribution in [3.05, 3.63) is 75.3 Å². The highest BCUT2D eigenvalue weighted by molar-refractivity contribution is 7.10. The quantitative estimate of drug-likeness (QED) is 0.562. The molecule has 0 spiro atoms. The van der Waals surface area contributed by atoms with Crippen LogP contribution in [-0.4, -0.2) is 17.5 Å². The van der Waals surface area contributed by atoms with E-state index in [0.717, 1.165) is 21.6 Å². The molecule has 2 atom stereocenters. The SMILES string of the molecule is C=C/C(=C\c1cccc(F)c1C)C1c2ccsc2C(C)(F)C(C)(C)N1C. The van der Waals surface area contributed by atoms with Gasteiger partial charge in [0.05, 0.1) is 11.6 Å². The van der Waals surface area contributed by atoms with Crippen LogP contribution in [0, 0.1) is 12.7 Å². The Hall–Kier alpha value is -1.78. The molecule has 1 aliphatic rings. The molecular formula is C22H25F2NS. The van der Waals surface area contributed by atoms with E-state index in [1.165, 1.54) is 17.4 Å². The van der Waals surface area contributed by atoms with Crippen molar-refractivity contribution >= 4 is 17.4 Å². The van der Waals surface area contributed by atoms with E-state index in [4.69, 9.17) is 0 Å². The summed E-state index contributed by atoms with van der Waals surface area (Å²) in [6, 6.07) is 6.92. The third-order valence-electron chi connectivity index (χ3n) is 6.02.